The molecule has 0 bridgehead atoms. The van der Waals surface area contributed by atoms with Gasteiger partial charge in [0.05, 0.1) is 5.69 Å². The highest BCUT2D eigenvalue weighted by molar-refractivity contribution is 7.91. The Morgan fingerprint density at radius 1 is 0.963 bits per heavy atom. The van der Waals surface area contributed by atoms with Crippen molar-refractivity contribution in [2.75, 3.05) is 31.1 Å². The number of hydrogen-bond acceptors (Lipinski definition) is 6. The second kappa shape index (κ2) is 7.38. The van der Waals surface area contributed by atoms with E-state index in [1.54, 1.807) is 21.8 Å². The van der Waals surface area contributed by atoms with E-state index in [1.807, 2.05) is 43.3 Å². The first kappa shape index (κ1) is 18.1. The molecule has 140 valence electrons. The Labute approximate surface area is 163 Å². The molecule has 0 atom stereocenters. The molecule has 27 heavy (non-hydrogen) atoms. The average Bonchev–Trinajstić information content (AvgIpc) is 3.24. The molecule has 0 unspecified atom stereocenters. The molecule has 4 rings (SSSR count). The fourth-order valence-electron chi connectivity index (χ4n) is 3.17. The van der Waals surface area contributed by atoms with Gasteiger partial charge in [-0.3, -0.25) is 0 Å². The standard InChI is InChI=1S/C19H20N4O2S2/c1-15-20-17(16-6-3-2-4-7-16)14-18(21-15)22-9-11-23(12-10-22)27(24,25)19-8-5-13-26-19/h2-8,13-14H,9-12H2,1H3. The molecule has 0 spiro atoms. The summed E-state index contributed by atoms with van der Waals surface area (Å²) in [4.78, 5) is 11.2. The van der Waals surface area contributed by atoms with E-state index >= 15 is 0 Å². The molecule has 8 heteroatoms. The molecule has 1 aliphatic rings. The van der Waals surface area contributed by atoms with Crippen LogP contribution >= 0.6 is 11.3 Å². The molecule has 2 aromatic heterocycles. The van der Waals surface area contributed by atoms with Crippen LogP contribution in [0.1, 0.15) is 5.82 Å². The van der Waals surface area contributed by atoms with Crippen LogP contribution in [0.3, 0.4) is 0 Å². The number of sulfonamides is 1. The van der Waals surface area contributed by atoms with Gasteiger partial charge in [-0.1, -0.05) is 36.4 Å². The van der Waals surface area contributed by atoms with Crippen LogP contribution in [-0.2, 0) is 10.0 Å². The third-order valence-corrected chi connectivity index (χ3v) is 7.82. The first-order chi connectivity index (χ1) is 13.0. The van der Waals surface area contributed by atoms with Gasteiger partial charge < -0.3 is 4.90 Å². The van der Waals surface area contributed by atoms with E-state index in [1.165, 1.54) is 11.3 Å². The summed E-state index contributed by atoms with van der Waals surface area (Å²) in [6.07, 6.45) is 0. The van der Waals surface area contributed by atoms with Crippen molar-refractivity contribution >= 4 is 27.2 Å². The highest BCUT2D eigenvalue weighted by Gasteiger charge is 2.29. The summed E-state index contributed by atoms with van der Waals surface area (Å²) < 4.78 is 27.3. The lowest BCUT2D eigenvalue weighted by Gasteiger charge is -2.34. The molecule has 0 aliphatic carbocycles. The summed E-state index contributed by atoms with van der Waals surface area (Å²) in [5.41, 5.74) is 1.93. The predicted octanol–water partition coefficient (Wildman–Crippen LogP) is 3.02. The van der Waals surface area contributed by atoms with Gasteiger partial charge in [-0.25, -0.2) is 18.4 Å². The number of rotatable bonds is 4. The lowest BCUT2D eigenvalue weighted by molar-refractivity contribution is 0.384. The Balaban J connectivity index is 1.53. The van der Waals surface area contributed by atoms with Crippen LogP contribution in [-0.4, -0.2) is 48.9 Å². The normalized spacial score (nSPS) is 15.8. The second-order valence-corrected chi connectivity index (χ2v) is 9.46. The van der Waals surface area contributed by atoms with E-state index in [-0.39, 0.29) is 0 Å². The van der Waals surface area contributed by atoms with Crippen molar-refractivity contribution < 1.29 is 8.42 Å². The third kappa shape index (κ3) is 3.73. The van der Waals surface area contributed by atoms with Gasteiger partial charge in [0.25, 0.3) is 10.0 Å². The number of benzene rings is 1. The lowest BCUT2D eigenvalue weighted by atomic mass is 10.1. The quantitative estimate of drug-likeness (QED) is 0.673. The minimum Gasteiger partial charge on any atom is -0.354 e. The van der Waals surface area contributed by atoms with E-state index in [0.717, 1.165) is 17.1 Å². The molecule has 0 N–H and O–H groups in total. The van der Waals surface area contributed by atoms with Gasteiger partial charge in [-0.2, -0.15) is 4.31 Å². The maximum absolute atomic E-state index is 12.7. The van der Waals surface area contributed by atoms with Gasteiger partial charge in [0.1, 0.15) is 15.9 Å². The molecule has 3 aromatic rings. The summed E-state index contributed by atoms with van der Waals surface area (Å²) in [6.45, 7) is 3.99. The van der Waals surface area contributed by atoms with Crippen LogP contribution in [0.2, 0.25) is 0 Å². The van der Waals surface area contributed by atoms with E-state index in [9.17, 15) is 8.42 Å². The number of aryl methyl sites for hydroxylation is 1. The van der Waals surface area contributed by atoms with Gasteiger partial charge in [0, 0.05) is 37.8 Å². The summed E-state index contributed by atoms with van der Waals surface area (Å²) >= 11 is 1.26. The average molecular weight is 401 g/mol. The largest absolute Gasteiger partial charge is 0.354 e. The van der Waals surface area contributed by atoms with E-state index in [2.05, 4.69) is 14.9 Å². The summed E-state index contributed by atoms with van der Waals surface area (Å²) in [7, 11) is -3.39. The van der Waals surface area contributed by atoms with Crippen molar-refractivity contribution in [1.82, 2.24) is 14.3 Å². The van der Waals surface area contributed by atoms with Crippen molar-refractivity contribution in [2.45, 2.75) is 11.1 Å². The maximum Gasteiger partial charge on any atom is 0.252 e. The highest BCUT2D eigenvalue weighted by Crippen LogP contribution is 2.25. The van der Waals surface area contributed by atoms with Crippen LogP contribution < -0.4 is 4.90 Å². The van der Waals surface area contributed by atoms with E-state index in [4.69, 9.17) is 0 Å². The Hall–Kier alpha value is -2.29. The van der Waals surface area contributed by atoms with Gasteiger partial charge in [-0.05, 0) is 18.4 Å². The van der Waals surface area contributed by atoms with E-state index in [0.29, 0.717) is 36.2 Å². The molecule has 1 aromatic carbocycles. The maximum atomic E-state index is 12.7. The Kier molecular flexibility index (Phi) is 4.94. The van der Waals surface area contributed by atoms with Crippen LogP contribution in [0.4, 0.5) is 5.82 Å². The number of piperazine rings is 1. The highest BCUT2D eigenvalue weighted by atomic mass is 32.2. The van der Waals surface area contributed by atoms with Crippen molar-refractivity contribution in [3.05, 3.63) is 59.7 Å². The molecule has 6 nitrogen and oxygen atoms in total. The molecule has 3 heterocycles. The van der Waals surface area contributed by atoms with Gasteiger partial charge in [0.2, 0.25) is 0 Å². The molecule has 0 radical (unpaired) electrons. The minimum absolute atomic E-state index is 0.403. The summed E-state index contributed by atoms with van der Waals surface area (Å²) in [5, 5.41) is 1.79. The Morgan fingerprint density at radius 2 is 1.70 bits per heavy atom. The summed E-state index contributed by atoms with van der Waals surface area (Å²) in [5.74, 6) is 1.55. The second-order valence-electron chi connectivity index (χ2n) is 6.35. The van der Waals surface area contributed by atoms with Gasteiger partial charge in [0.15, 0.2) is 0 Å². The topological polar surface area (TPSA) is 66.4 Å². The molecular weight excluding hydrogens is 380 g/mol. The van der Waals surface area contributed by atoms with Crippen molar-refractivity contribution in [2.24, 2.45) is 0 Å². The first-order valence-corrected chi connectivity index (χ1v) is 11.1. The van der Waals surface area contributed by atoms with Gasteiger partial charge >= 0.3 is 0 Å². The predicted molar refractivity (Wildman–Crippen MR) is 107 cm³/mol. The SMILES string of the molecule is Cc1nc(-c2ccccc2)cc(N2CCN(S(=O)(=O)c3cccs3)CC2)n1. The van der Waals surface area contributed by atoms with Crippen LogP contribution in [0.15, 0.2) is 58.1 Å². The van der Waals surface area contributed by atoms with Crippen LogP contribution in [0.25, 0.3) is 11.3 Å². The molecule has 1 saturated heterocycles. The Bertz CT molecular complexity index is 1010. The molecular formula is C19H20N4O2S2. The number of thiophene rings is 1. The van der Waals surface area contributed by atoms with Gasteiger partial charge in [-0.15, -0.1) is 11.3 Å². The van der Waals surface area contributed by atoms with Crippen LogP contribution in [0, 0.1) is 6.92 Å². The van der Waals surface area contributed by atoms with Crippen LogP contribution in [0.5, 0.6) is 0 Å². The molecule has 0 amide bonds. The lowest BCUT2D eigenvalue weighted by Crippen LogP contribution is -2.48. The zero-order chi connectivity index (χ0) is 18.9. The zero-order valence-corrected chi connectivity index (χ0v) is 16.6. The molecule has 1 aliphatic heterocycles. The fourth-order valence-corrected chi connectivity index (χ4v) is 5.73. The smallest absolute Gasteiger partial charge is 0.252 e. The minimum atomic E-state index is -3.39. The molecule has 1 fully saturated rings. The van der Waals surface area contributed by atoms with Crippen molar-refractivity contribution in [3.63, 3.8) is 0 Å². The van der Waals surface area contributed by atoms with Crippen molar-refractivity contribution in [1.29, 1.82) is 0 Å². The molecule has 0 saturated carbocycles. The number of anilines is 1. The number of nitrogens with zero attached hydrogens (tertiary/aromatic N) is 4. The summed E-state index contributed by atoms with van der Waals surface area (Å²) in [6, 6.07) is 15.4. The third-order valence-electron chi connectivity index (χ3n) is 4.55. The Morgan fingerprint density at radius 3 is 2.37 bits per heavy atom. The first-order valence-electron chi connectivity index (χ1n) is 8.74. The monoisotopic (exact) mass is 400 g/mol. The number of aromatic nitrogens is 2. The fraction of sp³-hybridized carbons (Fsp3) is 0.263. The van der Waals surface area contributed by atoms with E-state index < -0.39 is 10.0 Å². The number of hydrogen-bond donors (Lipinski definition) is 0. The zero-order valence-electron chi connectivity index (χ0n) is 14.9. The van der Waals surface area contributed by atoms with Crippen molar-refractivity contribution in [3.8, 4) is 11.3 Å².